The lowest BCUT2D eigenvalue weighted by Gasteiger charge is -2.13. The zero-order chi connectivity index (χ0) is 14.8. The minimum Gasteiger partial charge on any atom is -0.305 e. The third-order valence-corrected chi connectivity index (χ3v) is 5.52. The highest BCUT2D eigenvalue weighted by molar-refractivity contribution is 9.10. The van der Waals surface area contributed by atoms with Gasteiger partial charge in [-0.3, -0.25) is 4.98 Å². The van der Waals surface area contributed by atoms with Crippen LogP contribution in [-0.4, -0.2) is 4.98 Å². The molecule has 2 heterocycles. The fourth-order valence-corrected chi connectivity index (χ4v) is 3.80. The maximum atomic E-state index is 5.99. The number of nitrogens with one attached hydrogen (secondary N) is 1. The molecule has 0 amide bonds. The Hall–Kier alpha value is -0.940. The summed E-state index contributed by atoms with van der Waals surface area (Å²) in [6, 6.07) is 12.5. The average Bonchev–Trinajstić information content (AvgIpc) is 2.93. The topological polar surface area (TPSA) is 24.9 Å². The third-order valence-electron chi connectivity index (χ3n) is 3.42. The summed E-state index contributed by atoms with van der Waals surface area (Å²) < 4.78 is 1.90. The summed E-state index contributed by atoms with van der Waals surface area (Å²) in [5, 5.41) is 4.68. The van der Waals surface area contributed by atoms with E-state index >= 15 is 0 Å². The van der Waals surface area contributed by atoms with E-state index in [0.717, 1.165) is 26.3 Å². The summed E-state index contributed by atoms with van der Waals surface area (Å²) in [5.74, 6) is 0. The van der Waals surface area contributed by atoms with Gasteiger partial charge in [-0.25, -0.2) is 0 Å². The number of nitrogens with zero attached hydrogens (tertiary/aromatic N) is 1. The maximum Gasteiger partial charge on any atom is 0.0931 e. The molecule has 1 N–H and O–H groups in total. The monoisotopic (exact) mass is 380 g/mol. The van der Waals surface area contributed by atoms with Crippen LogP contribution in [0, 0.1) is 0 Å². The second-order valence-corrected chi connectivity index (χ2v) is 7.45. The Kier molecular flexibility index (Phi) is 4.60. The molecule has 2 aromatic heterocycles. The van der Waals surface area contributed by atoms with Gasteiger partial charge in [0.05, 0.1) is 9.85 Å². The van der Waals surface area contributed by atoms with Crippen LogP contribution in [0.2, 0.25) is 4.34 Å². The highest BCUT2D eigenvalue weighted by atomic mass is 79.9. The minimum absolute atomic E-state index is 0.268. The van der Waals surface area contributed by atoms with Crippen molar-refractivity contribution >= 4 is 49.8 Å². The van der Waals surface area contributed by atoms with E-state index in [4.69, 9.17) is 11.6 Å². The first-order valence-corrected chi connectivity index (χ1v) is 8.64. The fourth-order valence-electron chi connectivity index (χ4n) is 2.26. The largest absolute Gasteiger partial charge is 0.305 e. The Morgan fingerprint density at radius 3 is 2.90 bits per heavy atom. The van der Waals surface area contributed by atoms with Crippen LogP contribution in [0.25, 0.3) is 10.9 Å². The van der Waals surface area contributed by atoms with E-state index < -0.39 is 0 Å². The summed E-state index contributed by atoms with van der Waals surface area (Å²) in [6.07, 6.45) is 1.83. The van der Waals surface area contributed by atoms with Crippen molar-refractivity contribution in [3.8, 4) is 0 Å². The molecular formula is C16H14BrClN2S. The second-order valence-electron chi connectivity index (χ2n) is 4.85. The number of hydrogen-bond acceptors (Lipinski definition) is 3. The first kappa shape index (κ1) is 15.0. The Labute approximate surface area is 141 Å². The van der Waals surface area contributed by atoms with Gasteiger partial charge in [-0.1, -0.05) is 39.7 Å². The van der Waals surface area contributed by atoms with E-state index in [-0.39, 0.29) is 6.04 Å². The molecule has 0 bridgehead atoms. The standard InChI is InChI=1S/C16H14BrClN2S/c1-10(14-6-7-15(18)21-14)20-9-11-4-5-13(17)12-3-2-8-19-16(11)12/h2-8,10,20H,9H2,1H3. The molecule has 1 aromatic carbocycles. The van der Waals surface area contributed by atoms with Crippen LogP contribution in [-0.2, 0) is 6.54 Å². The Bertz CT molecular complexity index is 772. The molecule has 108 valence electrons. The Balaban J connectivity index is 1.81. The SMILES string of the molecule is CC(NCc1ccc(Br)c2cccnc12)c1ccc(Cl)s1. The smallest absolute Gasteiger partial charge is 0.0931 e. The van der Waals surface area contributed by atoms with Crippen LogP contribution < -0.4 is 5.32 Å². The normalized spacial score (nSPS) is 12.7. The molecule has 0 aliphatic heterocycles. The quantitative estimate of drug-likeness (QED) is 0.639. The van der Waals surface area contributed by atoms with Crippen LogP contribution in [0.1, 0.15) is 23.4 Å². The van der Waals surface area contributed by atoms with Gasteiger partial charge in [0.1, 0.15) is 0 Å². The lowest BCUT2D eigenvalue weighted by molar-refractivity contribution is 0.584. The summed E-state index contributed by atoms with van der Waals surface area (Å²) in [4.78, 5) is 5.75. The molecule has 3 rings (SSSR count). The summed E-state index contributed by atoms with van der Waals surface area (Å²) in [7, 11) is 0. The number of rotatable bonds is 4. The predicted octanol–water partition coefficient (Wildman–Crippen LogP) is 5.56. The van der Waals surface area contributed by atoms with E-state index in [0.29, 0.717) is 0 Å². The Morgan fingerprint density at radius 1 is 1.29 bits per heavy atom. The van der Waals surface area contributed by atoms with Crippen molar-refractivity contribution in [3.63, 3.8) is 0 Å². The van der Waals surface area contributed by atoms with E-state index in [9.17, 15) is 0 Å². The third kappa shape index (κ3) is 3.29. The second kappa shape index (κ2) is 6.44. The van der Waals surface area contributed by atoms with Gasteiger partial charge in [-0.15, -0.1) is 11.3 Å². The van der Waals surface area contributed by atoms with Crippen molar-refractivity contribution in [1.82, 2.24) is 10.3 Å². The molecule has 5 heteroatoms. The molecule has 0 saturated carbocycles. The van der Waals surface area contributed by atoms with E-state index in [1.54, 1.807) is 11.3 Å². The number of hydrogen-bond donors (Lipinski definition) is 1. The minimum atomic E-state index is 0.268. The van der Waals surface area contributed by atoms with Crippen molar-refractivity contribution in [2.24, 2.45) is 0 Å². The van der Waals surface area contributed by atoms with Crippen LogP contribution in [0.15, 0.2) is 47.1 Å². The van der Waals surface area contributed by atoms with Crippen LogP contribution in [0.4, 0.5) is 0 Å². The average molecular weight is 382 g/mol. The highest BCUT2D eigenvalue weighted by Gasteiger charge is 2.10. The first-order chi connectivity index (χ1) is 10.1. The number of halogens is 2. The van der Waals surface area contributed by atoms with Crippen molar-refractivity contribution in [2.45, 2.75) is 19.5 Å². The molecule has 2 nitrogen and oxygen atoms in total. The van der Waals surface area contributed by atoms with E-state index in [1.807, 2.05) is 18.3 Å². The van der Waals surface area contributed by atoms with Crippen molar-refractivity contribution in [2.75, 3.05) is 0 Å². The maximum absolute atomic E-state index is 5.99. The van der Waals surface area contributed by atoms with Gasteiger partial charge in [0.25, 0.3) is 0 Å². The van der Waals surface area contributed by atoms with Crippen molar-refractivity contribution < 1.29 is 0 Å². The molecule has 3 aromatic rings. The molecule has 0 aliphatic carbocycles. The zero-order valence-electron chi connectivity index (χ0n) is 11.4. The predicted molar refractivity (Wildman–Crippen MR) is 94.0 cm³/mol. The Morgan fingerprint density at radius 2 is 2.14 bits per heavy atom. The molecule has 0 aliphatic rings. The van der Waals surface area contributed by atoms with Crippen molar-refractivity contribution in [3.05, 3.63) is 61.8 Å². The van der Waals surface area contributed by atoms with Gasteiger partial charge < -0.3 is 5.32 Å². The van der Waals surface area contributed by atoms with E-state index in [2.05, 4.69) is 57.4 Å². The van der Waals surface area contributed by atoms with Crippen molar-refractivity contribution in [1.29, 1.82) is 0 Å². The summed E-state index contributed by atoms with van der Waals surface area (Å²) in [5.41, 5.74) is 2.24. The van der Waals surface area contributed by atoms with Gasteiger partial charge in [0.15, 0.2) is 0 Å². The molecule has 1 atom stereocenters. The van der Waals surface area contributed by atoms with Gasteiger partial charge in [0.2, 0.25) is 0 Å². The van der Waals surface area contributed by atoms with Crippen LogP contribution in [0.5, 0.6) is 0 Å². The number of thiophene rings is 1. The van der Waals surface area contributed by atoms with Crippen LogP contribution in [0.3, 0.4) is 0 Å². The lowest BCUT2D eigenvalue weighted by Crippen LogP contribution is -2.17. The number of pyridine rings is 1. The fraction of sp³-hybridized carbons (Fsp3) is 0.188. The van der Waals surface area contributed by atoms with Gasteiger partial charge >= 0.3 is 0 Å². The van der Waals surface area contributed by atoms with E-state index in [1.165, 1.54) is 10.4 Å². The number of benzene rings is 1. The number of fused-ring (bicyclic) bond motifs is 1. The van der Waals surface area contributed by atoms with Gasteiger partial charge in [0, 0.05) is 33.5 Å². The summed E-state index contributed by atoms with van der Waals surface area (Å²) >= 11 is 11.2. The molecule has 0 saturated heterocycles. The molecular weight excluding hydrogens is 368 g/mol. The highest BCUT2D eigenvalue weighted by Crippen LogP contribution is 2.28. The van der Waals surface area contributed by atoms with Crippen LogP contribution >= 0.6 is 38.9 Å². The molecule has 0 spiro atoms. The molecule has 1 unspecified atom stereocenters. The molecule has 0 radical (unpaired) electrons. The van der Waals surface area contributed by atoms with Gasteiger partial charge in [-0.2, -0.15) is 0 Å². The zero-order valence-corrected chi connectivity index (χ0v) is 14.6. The lowest BCUT2D eigenvalue weighted by atomic mass is 10.1. The molecule has 21 heavy (non-hydrogen) atoms. The first-order valence-electron chi connectivity index (χ1n) is 6.66. The molecule has 0 fully saturated rings. The number of aromatic nitrogens is 1. The summed E-state index contributed by atoms with van der Waals surface area (Å²) in [6.45, 7) is 2.92. The van der Waals surface area contributed by atoms with Gasteiger partial charge in [-0.05, 0) is 36.8 Å².